The average molecular weight is 639 g/mol. The number of hydrogen-bond acceptors (Lipinski definition) is 3. The first kappa shape index (κ1) is 29.6. The molecule has 1 aliphatic rings. The van der Waals surface area contributed by atoms with Crippen LogP contribution in [-0.2, 0) is 0 Å². The number of urea groups is 1. The standard InChI is InChI=1S/C20H43IN6O.HI/c1-22-9-5-10-23-20(28)24-11-6-18-27(2,3)19-7-13-26-16-14-25(15-17-26)12-4-8-21;/h22H,4-19H2,1-3H3,(H-,23,24,28);1H/p+1. The number of hydrogen-bond donors (Lipinski definition) is 3. The Morgan fingerprint density at radius 3 is 2.00 bits per heavy atom. The number of quaternary nitrogens is 2. The molecule has 0 aromatic rings. The molecule has 1 aliphatic heterocycles. The topological polar surface area (TPSA) is 64.2 Å². The zero-order valence-electron chi connectivity index (χ0n) is 18.9. The van der Waals surface area contributed by atoms with E-state index in [1.807, 2.05) is 0 Å². The van der Waals surface area contributed by atoms with Crippen LogP contribution in [-0.4, -0.2) is 118 Å². The molecule has 7 nitrogen and oxygen atoms in total. The summed E-state index contributed by atoms with van der Waals surface area (Å²) < 4.78 is 2.30. The van der Waals surface area contributed by atoms with Gasteiger partial charge in [0.05, 0.1) is 40.8 Å². The van der Waals surface area contributed by atoms with Crippen molar-refractivity contribution in [3.8, 4) is 0 Å². The summed E-state index contributed by atoms with van der Waals surface area (Å²) in [5.74, 6) is 0. The van der Waals surface area contributed by atoms with Crippen LogP contribution in [0.4, 0.5) is 4.79 Å². The number of nitrogens with zero attached hydrogens (tertiary/aromatic N) is 3. The van der Waals surface area contributed by atoms with Gasteiger partial charge in [-0.25, -0.2) is 4.79 Å². The van der Waals surface area contributed by atoms with Crippen molar-refractivity contribution in [3.05, 3.63) is 0 Å². The molecule has 4 N–H and O–H groups in total. The van der Waals surface area contributed by atoms with Gasteiger partial charge in [0.15, 0.2) is 0 Å². The Labute approximate surface area is 209 Å². The maximum atomic E-state index is 11.7. The van der Waals surface area contributed by atoms with E-state index in [0.29, 0.717) is 0 Å². The minimum Gasteiger partial charge on any atom is -1.00 e. The van der Waals surface area contributed by atoms with Gasteiger partial charge in [0.2, 0.25) is 0 Å². The highest BCUT2D eigenvalue weighted by molar-refractivity contribution is 14.1. The first-order chi connectivity index (χ1) is 13.5. The lowest BCUT2D eigenvalue weighted by Crippen LogP contribution is -3.00. The van der Waals surface area contributed by atoms with E-state index in [1.54, 1.807) is 0 Å². The summed E-state index contributed by atoms with van der Waals surface area (Å²) in [7, 11) is 6.67. The highest BCUT2D eigenvalue weighted by Gasteiger charge is 2.18. The van der Waals surface area contributed by atoms with E-state index >= 15 is 0 Å². The first-order valence-electron chi connectivity index (χ1n) is 11.1. The molecule has 0 aromatic heterocycles. The quantitative estimate of drug-likeness (QED) is 0.0785. The summed E-state index contributed by atoms with van der Waals surface area (Å²) in [5, 5.41) is 8.02. The molecule has 29 heavy (non-hydrogen) atoms. The van der Waals surface area contributed by atoms with Crippen LogP contribution in [0.5, 0.6) is 0 Å². The molecule has 0 aromatic carbocycles. The van der Waals surface area contributed by atoms with E-state index in [0.717, 1.165) is 43.5 Å². The molecule has 1 heterocycles. The molecule has 1 saturated heterocycles. The molecule has 0 saturated carbocycles. The van der Waals surface area contributed by atoms with E-state index in [9.17, 15) is 4.79 Å². The van der Waals surface area contributed by atoms with Gasteiger partial charge in [-0.3, -0.25) is 0 Å². The summed E-state index contributed by atoms with van der Waals surface area (Å²) >= 11 is 2.47. The second-order valence-corrected chi connectivity index (χ2v) is 9.63. The lowest BCUT2D eigenvalue weighted by atomic mass is 10.2. The number of carbonyl (C=O) groups excluding carboxylic acids is 1. The molecule has 1 rings (SSSR count). The van der Waals surface area contributed by atoms with E-state index in [4.69, 9.17) is 0 Å². The predicted molar refractivity (Wildman–Crippen MR) is 126 cm³/mol. The van der Waals surface area contributed by atoms with Crippen LogP contribution in [0.2, 0.25) is 0 Å². The third-order valence-electron chi connectivity index (χ3n) is 5.49. The van der Waals surface area contributed by atoms with Crippen LogP contribution >= 0.6 is 22.6 Å². The number of nitrogens with one attached hydrogen (secondary N) is 2. The molecule has 1 fully saturated rings. The number of rotatable bonds is 15. The van der Waals surface area contributed by atoms with Crippen molar-refractivity contribution in [1.82, 2.24) is 20.4 Å². The maximum Gasteiger partial charge on any atom is 0.314 e. The van der Waals surface area contributed by atoms with Crippen molar-refractivity contribution in [2.24, 2.45) is 0 Å². The van der Waals surface area contributed by atoms with Crippen molar-refractivity contribution in [2.45, 2.75) is 25.7 Å². The highest BCUT2D eigenvalue weighted by Crippen LogP contribution is 2.06. The second kappa shape index (κ2) is 18.2. The Hall–Kier alpha value is 0.570. The van der Waals surface area contributed by atoms with Gasteiger partial charge >= 0.3 is 6.03 Å². The summed E-state index contributed by atoms with van der Waals surface area (Å²) in [4.78, 5) is 17.0. The smallest absolute Gasteiger partial charge is 0.314 e. The third-order valence-corrected chi connectivity index (χ3v) is 6.25. The van der Waals surface area contributed by atoms with Crippen molar-refractivity contribution in [1.29, 1.82) is 0 Å². The fourth-order valence-corrected chi connectivity index (χ4v) is 3.97. The van der Waals surface area contributed by atoms with Gasteiger partial charge in [-0.15, -0.1) is 0 Å². The minimum absolute atomic E-state index is 0. The lowest BCUT2D eigenvalue weighted by Gasteiger charge is -2.36. The number of amides is 2. The zero-order valence-corrected chi connectivity index (χ0v) is 23.2. The maximum absolute atomic E-state index is 11.7. The first-order valence-corrected chi connectivity index (χ1v) is 12.6. The summed E-state index contributed by atoms with van der Waals surface area (Å²) in [5.41, 5.74) is 0. The largest absolute Gasteiger partial charge is 1.00 e. The Bertz CT molecular complexity index is 406. The third kappa shape index (κ3) is 15.9. The van der Waals surface area contributed by atoms with Crippen molar-refractivity contribution in [2.75, 3.05) is 97.6 Å². The SMILES string of the molecule is C[NH2+]CCCNC(=O)NCCC[N+](C)(C)CCCN1CCN(CCCI)CC1.[I-]. The van der Waals surface area contributed by atoms with Crippen molar-refractivity contribution < 1.29 is 38.6 Å². The molecular weight excluding hydrogens is 594 g/mol. The summed E-state index contributed by atoms with van der Waals surface area (Å²) in [6.07, 6.45) is 4.61. The summed E-state index contributed by atoms with van der Waals surface area (Å²) in [6.45, 7) is 12.3. The van der Waals surface area contributed by atoms with Gasteiger partial charge in [0.25, 0.3) is 0 Å². The van der Waals surface area contributed by atoms with E-state index in [2.05, 4.69) is 69.5 Å². The lowest BCUT2D eigenvalue weighted by molar-refractivity contribution is -0.890. The molecular formula is C20H45I2N6O+. The van der Waals surface area contributed by atoms with Gasteiger partial charge < -0.3 is 54.2 Å². The molecule has 9 heteroatoms. The number of alkyl halides is 1. The molecule has 2 amide bonds. The van der Waals surface area contributed by atoms with Gasteiger partial charge in [0, 0.05) is 69.5 Å². The van der Waals surface area contributed by atoms with Crippen LogP contribution in [0.15, 0.2) is 0 Å². The van der Waals surface area contributed by atoms with Crippen LogP contribution < -0.4 is 39.9 Å². The van der Waals surface area contributed by atoms with Gasteiger partial charge in [-0.2, -0.15) is 0 Å². The molecule has 0 unspecified atom stereocenters. The fraction of sp³-hybridized carbons (Fsp3) is 0.950. The summed E-state index contributed by atoms with van der Waals surface area (Å²) in [6, 6.07) is -0.0287. The minimum atomic E-state index is -0.0287. The Balaban J connectivity index is 0.00000784. The number of halogens is 2. The Morgan fingerprint density at radius 1 is 0.931 bits per heavy atom. The number of carbonyl (C=O) groups is 1. The molecule has 0 radical (unpaired) electrons. The number of piperazine rings is 1. The fourth-order valence-electron chi connectivity index (χ4n) is 3.63. The van der Waals surface area contributed by atoms with Gasteiger partial charge in [-0.1, -0.05) is 22.6 Å². The van der Waals surface area contributed by atoms with Crippen molar-refractivity contribution >= 4 is 28.6 Å². The zero-order chi connectivity index (χ0) is 20.7. The van der Waals surface area contributed by atoms with E-state index in [-0.39, 0.29) is 30.0 Å². The second-order valence-electron chi connectivity index (χ2n) is 8.55. The van der Waals surface area contributed by atoms with Gasteiger partial charge in [0.1, 0.15) is 0 Å². The van der Waals surface area contributed by atoms with Crippen LogP contribution in [0, 0.1) is 0 Å². The molecule has 0 bridgehead atoms. The van der Waals surface area contributed by atoms with Crippen LogP contribution in [0.25, 0.3) is 0 Å². The molecule has 174 valence electrons. The van der Waals surface area contributed by atoms with Crippen molar-refractivity contribution in [3.63, 3.8) is 0 Å². The average Bonchev–Trinajstić information content (AvgIpc) is 2.68. The monoisotopic (exact) mass is 639 g/mol. The van der Waals surface area contributed by atoms with E-state index in [1.165, 1.54) is 63.1 Å². The normalized spacial score (nSPS) is 15.7. The highest BCUT2D eigenvalue weighted by atomic mass is 127. The molecule has 0 spiro atoms. The Kier molecular flexibility index (Phi) is 18.5. The molecule has 0 aliphatic carbocycles. The predicted octanol–water partition coefficient (Wildman–Crippen LogP) is -2.83. The van der Waals surface area contributed by atoms with Crippen LogP contribution in [0.1, 0.15) is 25.7 Å². The van der Waals surface area contributed by atoms with Crippen LogP contribution in [0.3, 0.4) is 0 Å². The van der Waals surface area contributed by atoms with Gasteiger partial charge in [-0.05, 0) is 13.0 Å². The Morgan fingerprint density at radius 2 is 1.45 bits per heavy atom. The van der Waals surface area contributed by atoms with E-state index < -0.39 is 0 Å². The number of nitrogens with two attached hydrogens (primary N) is 1. The molecule has 0 atom stereocenters.